The summed E-state index contributed by atoms with van der Waals surface area (Å²) in [6.07, 6.45) is 6.95. The molecule has 0 fully saturated rings. The van der Waals surface area contributed by atoms with Gasteiger partial charge in [-0.2, -0.15) is 0 Å². The fourth-order valence-corrected chi connectivity index (χ4v) is 1.85. The summed E-state index contributed by atoms with van der Waals surface area (Å²) in [5, 5.41) is 0. The van der Waals surface area contributed by atoms with E-state index >= 15 is 0 Å². The van der Waals surface area contributed by atoms with Crippen LogP contribution >= 0.6 is 15.9 Å². The Balaban J connectivity index is 2.43. The topological polar surface area (TPSA) is 0 Å². The highest BCUT2D eigenvalue weighted by Crippen LogP contribution is 2.25. The second kappa shape index (κ2) is 2.98. The molecule has 56 valence electrons. The Kier molecular flexibility index (Phi) is 1.99. The monoisotopic (exact) mass is 208 g/mol. The highest BCUT2D eigenvalue weighted by molar-refractivity contribution is 9.10. The molecule has 0 N–H and O–H groups in total. The van der Waals surface area contributed by atoms with Gasteiger partial charge in [-0.3, -0.25) is 0 Å². The van der Waals surface area contributed by atoms with E-state index in [9.17, 15) is 0 Å². The Bertz CT molecular complexity index is 266. The van der Waals surface area contributed by atoms with Gasteiger partial charge in [0.25, 0.3) is 0 Å². The van der Waals surface area contributed by atoms with Crippen molar-refractivity contribution in [2.45, 2.75) is 19.3 Å². The van der Waals surface area contributed by atoms with E-state index in [2.05, 4.69) is 40.5 Å². The van der Waals surface area contributed by atoms with Crippen molar-refractivity contribution in [3.63, 3.8) is 0 Å². The van der Waals surface area contributed by atoms with E-state index in [-0.39, 0.29) is 0 Å². The Morgan fingerprint density at radius 1 is 1.36 bits per heavy atom. The highest BCUT2D eigenvalue weighted by atomic mass is 79.9. The molecule has 1 aliphatic rings. The van der Waals surface area contributed by atoms with Crippen LogP contribution in [-0.2, 0) is 6.42 Å². The van der Waals surface area contributed by atoms with Gasteiger partial charge >= 0.3 is 0 Å². The summed E-state index contributed by atoms with van der Waals surface area (Å²) in [6.45, 7) is 0. The van der Waals surface area contributed by atoms with Crippen LogP contribution in [0.5, 0.6) is 0 Å². The molecule has 0 saturated heterocycles. The van der Waals surface area contributed by atoms with Crippen molar-refractivity contribution in [1.29, 1.82) is 0 Å². The van der Waals surface area contributed by atoms with Crippen molar-refractivity contribution in [3.8, 4) is 0 Å². The van der Waals surface area contributed by atoms with Crippen molar-refractivity contribution in [2.75, 3.05) is 0 Å². The van der Waals surface area contributed by atoms with Gasteiger partial charge in [0.05, 0.1) is 0 Å². The predicted octanol–water partition coefficient (Wildman–Crippen LogP) is 3.21. The summed E-state index contributed by atoms with van der Waals surface area (Å²) in [5.74, 6) is 0. The van der Waals surface area contributed by atoms with Crippen molar-refractivity contribution in [1.82, 2.24) is 0 Å². The van der Waals surface area contributed by atoms with Crippen LogP contribution < -0.4 is 0 Å². The zero-order chi connectivity index (χ0) is 7.68. The first-order valence-electron chi connectivity index (χ1n) is 3.88. The van der Waals surface area contributed by atoms with Gasteiger partial charge in [0.1, 0.15) is 0 Å². The van der Waals surface area contributed by atoms with Crippen LogP contribution in [0.15, 0.2) is 22.7 Å². The van der Waals surface area contributed by atoms with E-state index in [1.807, 2.05) is 0 Å². The fraction of sp³-hybridized carbons (Fsp3) is 0.300. The van der Waals surface area contributed by atoms with E-state index in [0.717, 1.165) is 6.42 Å². The number of halogens is 1. The molecule has 2 radical (unpaired) electrons. The lowest BCUT2D eigenvalue weighted by Crippen LogP contribution is -1.99. The van der Waals surface area contributed by atoms with Gasteiger partial charge < -0.3 is 0 Å². The van der Waals surface area contributed by atoms with Gasteiger partial charge in [-0.25, -0.2) is 0 Å². The molecule has 1 heteroatoms. The molecule has 0 spiro atoms. The van der Waals surface area contributed by atoms with Crippen molar-refractivity contribution < 1.29 is 0 Å². The molecule has 1 aliphatic carbocycles. The van der Waals surface area contributed by atoms with Crippen LogP contribution in [0.3, 0.4) is 0 Å². The summed E-state index contributed by atoms with van der Waals surface area (Å²) >= 11 is 3.46. The molecular weight excluding hydrogens is 200 g/mol. The van der Waals surface area contributed by atoms with Crippen LogP contribution in [-0.4, -0.2) is 0 Å². The minimum atomic E-state index is 1.12. The summed E-state index contributed by atoms with van der Waals surface area (Å²) in [6, 6.07) is 6.41. The number of benzene rings is 1. The predicted molar refractivity (Wildman–Crippen MR) is 49.4 cm³/mol. The Hall–Kier alpha value is -0.300. The first-order chi connectivity index (χ1) is 5.36. The molecule has 0 aromatic heterocycles. The number of hydrogen-bond acceptors (Lipinski definition) is 0. The minimum Gasteiger partial charge on any atom is -0.0570 e. The number of aryl methyl sites for hydroxylation is 1. The zero-order valence-electron chi connectivity index (χ0n) is 6.23. The third-order valence-electron chi connectivity index (χ3n) is 2.01. The van der Waals surface area contributed by atoms with Crippen molar-refractivity contribution in [3.05, 3.63) is 40.2 Å². The molecule has 0 unspecified atom stereocenters. The highest BCUT2D eigenvalue weighted by Gasteiger charge is 2.08. The molecule has 0 aliphatic heterocycles. The van der Waals surface area contributed by atoms with Crippen LogP contribution in [0, 0.1) is 6.42 Å². The van der Waals surface area contributed by atoms with Gasteiger partial charge in [-0.05, 0) is 42.5 Å². The van der Waals surface area contributed by atoms with Crippen LogP contribution in [0.25, 0.3) is 0 Å². The van der Waals surface area contributed by atoms with Crippen LogP contribution in [0.2, 0.25) is 0 Å². The van der Waals surface area contributed by atoms with E-state index in [1.54, 1.807) is 0 Å². The Labute approximate surface area is 75.8 Å². The maximum absolute atomic E-state index is 3.46. The second-order valence-corrected chi connectivity index (χ2v) is 3.75. The normalized spacial score (nSPS) is 16.1. The Morgan fingerprint density at radius 2 is 2.27 bits per heavy atom. The van der Waals surface area contributed by atoms with Gasteiger partial charge in [0.2, 0.25) is 0 Å². The third-order valence-corrected chi connectivity index (χ3v) is 2.50. The summed E-state index contributed by atoms with van der Waals surface area (Å²) in [4.78, 5) is 0. The van der Waals surface area contributed by atoms with Crippen LogP contribution in [0.1, 0.15) is 24.0 Å². The molecule has 0 amide bonds. The van der Waals surface area contributed by atoms with E-state index in [4.69, 9.17) is 0 Å². The molecule has 0 saturated carbocycles. The Morgan fingerprint density at radius 3 is 3.18 bits per heavy atom. The average molecular weight is 209 g/mol. The standard InChI is InChI=1S/C10H9Br/c11-10-6-5-8-3-1-2-4-9(8)7-10/h5-7H,1-2,4H2. The molecule has 0 bridgehead atoms. The SMILES string of the molecule is Brc1ccc2c(c1)CCC[C]2. The van der Waals surface area contributed by atoms with Gasteiger partial charge in [-0.15, -0.1) is 0 Å². The molecule has 0 atom stereocenters. The summed E-state index contributed by atoms with van der Waals surface area (Å²) in [7, 11) is 0. The van der Waals surface area contributed by atoms with Gasteiger partial charge in [-0.1, -0.05) is 22.0 Å². The molecule has 1 aromatic carbocycles. The number of hydrogen-bond donors (Lipinski definition) is 0. The average Bonchev–Trinajstić information content (AvgIpc) is 2.04. The maximum Gasteiger partial charge on any atom is 0.0178 e. The largest absolute Gasteiger partial charge is 0.0570 e. The molecule has 2 rings (SSSR count). The van der Waals surface area contributed by atoms with E-state index in [1.165, 1.54) is 28.4 Å². The molecule has 0 heterocycles. The van der Waals surface area contributed by atoms with E-state index in [0.29, 0.717) is 0 Å². The molecular formula is C10H9Br. The molecule has 1 aromatic rings. The van der Waals surface area contributed by atoms with Gasteiger partial charge in [0, 0.05) is 10.9 Å². The summed E-state index contributed by atoms with van der Waals surface area (Å²) in [5.41, 5.74) is 2.74. The van der Waals surface area contributed by atoms with Crippen molar-refractivity contribution in [2.24, 2.45) is 0 Å². The van der Waals surface area contributed by atoms with Crippen LogP contribution in [0.4, 0.5) is 0 Å². The van der Waals surface area contributed by atoms with E-state index < -0.39 is 0 Å². The number of fused-ring (bicyclic) bond motifs is 1. The van der Waals surface area contributed by atoms with Gasteiger partial charge in [0.15, 0.2) is 0 Å². The smallest absolute Gasteiger partial charge is 0.0178 e. The second-order valence-electron chi connectivity index (χ2n) is 2.83. The molecule has 0 nitrogen and oxygen atoms in total. The van der Waals surface area contributed by atoms with Crippen molar-refractivity contribution >= 4 is 15.9 Å². The summed E-state index contributed by atoms with van der Waals surface area (Å²) < 4.78 is 1.18. The lowest BCUT2D eigenvalue weighted by molar-refractivity contribution is 0.774. The minimum absolute atomic E-state index is 1.12. The molecule has 11 heavy (non-hydrogen) atoms. The maximum atomic E-state index is 3.46. The lowest BCUT2D eigenvalue weighted by atomic mass is 9.92. The zero-order valence-corrected chi connectivity index (χ0v) is 7.82. The number of rotatable bonds is 0. The fourth-order valence-electron chi connectivity index (χ4n) is 1.44. The third kappa shape index (κ3) is 1.48. The first kappa shape index (κ1) is 7.35. The quantitative estimate of drug-likeness (QED) is 0.615. The first-order valence-corrected chi connectivity index (χ1v) is 4.68. The lowest BCUT2D eigenvalue weighted by Gasteiger charge is -2.14.